The van der Waals surface area contributed by atoms with E-state index in [1.807, 2.05) is 12.1 Å². The summed E-state index contributed by atoms with van der Waals surface area (Å²) >= 11 is 0. The molecule has 2 fully saturated rings. The van der Waals surface area contributed by atoms with Gasteiger partial charge in [0.15, 0.2) is 9.84 Å². The summed E-state index contributed by atoms with van der Waals surface area (Å²) in [6.07, 6.45) is 2.52. The van der Waals surface area contributed by atoms with Gasteiger partial charge in [0.1, 0.15) is 0 Å². The number of carbonyl (C=O) groups excluding carboxylic acids is 2. The topological polar surface area (TPSA) is 83.6 Å². The second kappa shape index (κ2) is 6.87. The lowest BCUT2D eigenvalue weighted by molar-refractivity contribution is -0.130. The molecule has 2 amide bonds. The molecule has 7 heteroatoms. The highest BCUT2D eigenvalue weighted by molar-refractivity contribution is 7.91. The number of hydrogen-bond donors (Lipinski definition) is 1. The van der Waals surface area contributed by atoms with E-state index in [0.29, 0.717) is 13.0 Å². The van der Waals surface area contributed by atoms with Crippen LogP contribution in [0.15, 0.2) is 24.3 Å². The van der Waals surface area contributed by atoms with Gasteiger partial charge in [0.2, 0.25) is 11.8 Å². The van der Waals surface area contributed by atoms with Gasteiger partial charge < -0.3 is 10.2 Å². The molecule has 1 aliphatic carbocycles. The zero-order valence-corrected chi connectivity index (χ0v) is 17.3. The van der Waals surface area contributed by atoms with Crippen LogP contribution in [-0.4, -0.2) is 49.2 Å². The van der Waals surface area contributed by atoms with Crippen molar-refractivity contribution in [3.63, 3.8) is 0 Å². The van der Waals surface area contributed by atoms with Crippen molar-refractivity contribution in [2.24, 2.45) is 5.92 Å². The molecule has 2 heterocycles. The van der Waals surface area contributed by atoms with E-state index in [0.717, 1.165) is 18.4 Å². The number of carbonyl (C=O) groups is 2. The van der Waals surface area contributed by atoms with E-state index in [1.54, 1.807) is 4.90 Å². The number of likely N-dealkylation sites (tertiary alicyclic amines) is 1. The molecule has 28 heavy (non-hydrogen) atoms. The fourth-order valence-electron chi connectivity index (χ4n) is 4.93. The molecule has 3 aliphatic rings. The van der Waals surface area contributed by atoms with Crippen molar-refractivity contribution >= 4 is 21.7 Å². The van der Waals surface area contributed by atoms with Gasteiger partial charge in [0.05, 0.1) is 23.5 Å². The summed E-state index contributed by atoms with van der Waals surface area (Å²) in [5, 5.41) is 3.17. The van der Waals surface area contributed by atoms with E-state index in [1.165, 1.54) is 5.56 Å². The molecule has 0 unspecified atom stereocenters. The van der Waals surface area contributed by atoms with Crippen LogP contribution in [0.5, 0.6) is 0 Å². The first-order chi connectivity index (χ1) is 13.2. The molecule has 2 saturated heterocycles. The van der Waals surface area contributed by atoms with E-state index in [4.69, 9.17) is 0 Å². The summed E-state index contributed by atoms with van der Waals surface area (Å²) in [6.45, 7) is 4.78. The number of rotatable bonds is 3. The van der Waals surface area contributed by atoms with Gasteiger partial charge in [0.25, 0.3) is 0 Å². The van der Waals surface area contributed by atoms with E-state index >= 15 is 0 Å². The zero-order valence-electron chi connectivity index (χ0n) is 16.5. The smallest absolute Gasteiger partial charge is 0.225 e. The summed E-state index contributed by atoms with van der Waals surface area (Å²) in [6, 6.07) is 7.94. The highest BCUT2D eigenvalue weighted by Crippen LogP contribution is 2.41. The lowest BCUT2D eigenvalue weighted by atomic mass is 9.71. The van der Waals surface area contributed by atoms with Crippen LogP contribution in [0.4, 0.5) is 0 Å². The zero-order chi connectivity index (χ0) is 20.1. The van der Waals surface area contributed by atoms with E-state index in [-0.39, 0.29) is 47.2 Å². The molecule has 0 saturated carbocycles. The van der Waals surface area contributed by atoms with Crippen molar-refractivity contribution in [2.45, 2.75) is 57.0 Å². The van der Waals surface area contributed by atoms with E-state index in [2.05, 4.69) is 31.3 Å². The van der Waals surface area contributed by atoms with Crippen molar-refractivity contribution in [1.29, 1.82) is 0 Å². The molecule has 3 atom stereocenters. The summed E-state index contributed by atoms with van der Waals surface area (Å²) in [4.78, 5) is 26.9. The Morgan fingerprint density at radius 1 is 1.21 bits per heavy atom. The van der Waals surface area contributed by atoms with Gasteiger partial charge in [0, 0.05) is 19.0 Å². The number of hydrogen-bond acceptors (Lipinski definition) is 4. The largest absolute Gasteiger partial charge is 0.349 e. The number of sulfone groups is 1. The predicted molar refractivity (Wildman–Crippen MR) is 106 cm³/mol. The van der Waals surface area contributed by atoms with Gasteiger partial charge in [-0.15, -0.1) is 0 Å². The number of fused-ring (bicyclic) bond motifs is 1. The summed E-state index contributed by atoms with van der Waals surface area (Å²) < 4.78 is 23.5. The number of benzene rings is 1. The Hall–Kier alpha value is -1.89. The molecule has 4 rings (SSSR count). The molecule has 0 bridgehead atoms. The molecule has 1 aromatic carbocycles. The first kappa shape index (κ1) is 19.4. The lowest BCUT2D eigenvalue weighted by Gasteiger charge is -2.37. The number of amides is 2. The standard InChI is InChI=1S/C21H28N2O4S/c1-21(2)9-7-18(16-5-3-4-6-17(16)21)22-20(25)14-11-19(24)23(12-14)15-8-10-28(26,27)13-15/h3-6,14-15,18H,7-13H2,1-2H3,(H,22,25)/t14-,15-,18+/m1/s1. The van der Waals surface area contributed by atoms with Gasteiger partial charge in [-0.3, -0.25) is 9.59 Å². The third-order valence-electron chi connectivity index (χ3n) is 6.62. The van der Waals surface area contributed by atoms with Crippen LogP contribution >= 0.6 is 0 Å². The molecule has 0 radical (unpaired) electrons. The maximum atomic E-state index is 12.9. The van der Waals surface area contributed by atoms with Crippen LogP contribution in [-0.2, 0) is 24.8 Å². The molecule has 1 aromatic rings. The summed E-state index contributed by atoms with van der Waals surface area (Å²) in [5.41, 5.74) is 2.52. The first-order valence-electron chi connectivity index (χ1n) is 10.1. The van der Waals surface area contributed by atoms with Crippen LogP contribution < -0.4 is 5.32 Å². The third kappa shape index (κ3) is 3.56. The van der Waals surface area contributed by atoms with Crippen LogP contribution in [0.3, 0.4) is 0 Å². The Balaban J connectivity index is 1.44. The molecule has 2 aliphatic heterocycles. The van der Waals surface area contributed by atoms with Gasteiger partial charge >= 0.3 is 0 Å². The van der Waals surface area contributed by atoms with Crippen molar-refractivity contribution in [3.05, 3.63) is 35.4 Å². The molecular formula is C21H28N2O4S. The fraction of sp³-hybridized carbons (Fsp3) is 0.619. The summed E-state index contributed by atoms with van der Waals surface area (Å²) in [5.74, 6) is -0.452. The number of nitrogens with zero attached hydrogens (tertiary/aromatic N) is 1. The Labute approximate surface area is 166 Å². The van der Waals surface area contributed by atoms with Crippen LogP contribution in [0.2, 0.25) is 0 Å². The Bertz CT molecular complexity index is 909. The molecule has 0 aromatic heterocycles. The summed E-state index contributed by atoms with van der Waals surface area (Å²) in [7, 11) is -3.06. The maximum absolute atomic E-state index is 12.9. The van der Waals surface area contributed by atoms with E-state index in [9.17, 15) is 18.0 Å². The van der Waals surface area contributed by atoms with Crippen molar-refractivity contribution < 1.29 is 18.0 Å². The first-order valence-corrected chi connectivity index (χ1v) is 11.9. The average Bonchev–Trinajstić information content (AvgIpc) is 3.20. The molecular weight excluding hydrogens is 376 g/mol. The van der Waals surface area contributed by atoms with Gasteiger partial charge in [-0.1, -0.05) is 38.1 Å². The second-order valence-electron chi connectivity index (χ2n) is 9.07. The van der Waals surface area contributed by atoms with Crippen LogP contribution in [0.25, 0.3) is 0 Å². The highest BCUT2D eigenvalue weighted by atomic mass is 32.2. The Kier molecular flexibility index (Phi) is 4.76. The lowest BCUT2D eigenvalue weighted by Crippen LogP contribution is -2.41. The Morgan fingerprint density at radius 2 is 1.96 bits per heavy atom. The van der Waals surface area contributed by atoms with Crippen LogP contribution in [0.1, 0.15) is 56.7 Å². The SMILES string of the molecule is CC1(C)CC[C@H](NC(=O)[C@@H]2CC(=O)N([C@@H]3CCS(=O)(=O)C3)C2)c2ccccc21. The van der Waals surface area contributed by atoms with Gasteiger partial charge in [-0.05, 0) is 35.8 Å². The van der Waals surface area contributed by atoms with E-state index < -0.39 is 15.8 Å². The maximum Gasteiger partial charge on any atom is 0.225 e. The van der Waals surface area contributed by atoms with Gasteiger partial charge in [-0.2, -0.15) is 0 Å². The molecule has 0 spiro atoms. The highest BCUT2D eigenvalue weighted by Gasteiger charge is 2.42. The van der Waals surface area contributed by atoms with Crippen molar-refractivity contribution in [1.82, 2.24) is 10.2 Å². The minimum absolute atomic E-state index is 0.0260. The third-order valence-corrected chi connectivity index (χ3v) is 8.37. The molecule has 6 nitrogen and oxygen atoms in total. The van der Waals surface area contributed by atoms with Crippen molar-refractivity contribution in [2.75, 3.05) is 18.1 Å². The van der Waals surface area contributed by atoms with Crippen molar-refractivity contribution in [3.8, 4) is 0 Å². The molecule has 152 valence electrons. The number of nitrogens with one attached hydrogen (secondary N) is 1. The van der Waals surface area contributed by atoms with Gasteiger partial charge in [-0.25, -0.2) is 8.42 Å². The Morgan fingerprint density at radius 3 is 2.68 bits per heavy atom. The molecule has 1 N–H and O–H groups in total. The van der Waals surface area contributed by atoms with Crippen LogP contribution in [0, 0.1) is 5.92 Å². The minimum atomic E-state index is -3.06. The quantitative estimate of drug-likeness (QED) is 0.835. The normalized spacial score (nSPS) is 30.9. The predicted octanol–water partition coefficient (Wildman–Crippen LogP) is 1.95. The average molecular weight is 405 g/mol. The minimum Gasteiger partial charge on any atom is -0.349 e. The monoisotopic (exact) mass is 404 g/mol. The second-order valence-corrected chi connectivity index (χ2v) is 11.3. The fourth-order valence-corrected chi connectivity index (χ4v) is 6.66.